The lowest BCUT2D eigenvalue weighted by atomic mass is 9.75. The number of hydrogen-bond donors (Lipinski definition) is 1. The van der Waals surface area contributed by atoms with Crippen LogP contribution in [0.15, 0.2) is 12.3 Å². The van der Waals surface area contributed by atoms with E-state index in [0.717, 1.165) is 18.2 Å². The number of rotatable bonds is 11. The fourth-order valence-corrected chi connectivity index (χ4v) is 2.15. The van der Waals surface area contributed by atoms with Crippen LogP contribution in [0.5, 0.6) is 0 Å². The lowest BCUT2D eigenvalue weighted by Gasteiger charge is -2.30. The maximum Gasteiger partial charge on any atom is 0.0143 e. The molecular formula is C17H35N. The quantitative estimate of drug-likeness (QED) is 0.478. The van der Waals surface area contributed by atoms with Crippen molar-refractivity contribution in [3.8, 4) is 0 Å². The summed E-state index contributed by atoms with van der Waals surface area (Å²) in [6.45, 7) is 16.5. The monoisotopic (exact) mass is 253 g/mol. The van der Waals surface area contributed by atoms with E-state index in [1.54, 1.807) is 0 Å². The molecule has 0 heterocycles. The predicted molar refractivity (Wildman–Crippen MR) is 83.8 cm³/mol. The predicted octanol–water partition coefficient (Wildman–Crippen LogP) is 5.52. The van der Waals surface area contributed by atoms with Crippen LogP contribution in [0.4, 0.5) is 0 Å². The molecule has 0 radical (unpaired) electrons. The maximum absolute atomic E-state index is 3.84. The molecule has 1 atom stereocenters. The Morgan fingerprint density at radius 3 is 2.22 bits per heavy atom. The van der Waals surface area contributed by atoms with Crippen molar-refractivity contribution in [1.29, 1.82) is 0 Å². The van der Waals surface area contributed by atoms with E-state index in [0.29, 0.717) is 5.41 Å². The molecule has 0 amide bonds. The van der Waals surface area contributed by atoms with Crippen molar-refractivity contribution >= 4 is 0 Å². The Morgan fingerprint density at radius 2 is 1.67 bits per heavy atom. The van der Waals surface area contributed by atoms with Gasteiger partial charge in [0.1, 0.15) is 0 Å². The molecular weight excluding hydrogens is 218 g/mol. The van der Waals surface area contributed by atoms with Crippen molar-refractivity contribution in [3.63, 3.8) is 0 Å². The normalized spacial score (nSPS) is 13.4. The molecule has 0 aromatic carbocycles. The molecule has 1 heteroatoms. The smallest absolute Gasteiger partial charge is 0.0143 e. The molecule has 0 aliphatic rings. The Kier molecular flexibility index (Phi) is 9.23. The Morgan fingerprint density at radius 1 is 1.11 bits per heavy atom. The lowest BCUT2D eigenvalue weighted by Crippen LogP contribution is -2.20. The molecule has 1 nitrogen and oxygen atoms in total. The Balaban J connectivity index is 3.38. The largest absolute Gasteiger partial charge is 0.389 e. The van der Waals surface area contributed by atoms with Crippen molar-refractivity contribution in [2.24, 2.45) is 11.3 Å². The molecule has 0 saturated heterocycles. The highest BCUT2D eigenvalue weighted by Crippen LogP contribution is 2.33. The summed E-state index contributed by atoms with van der Waals surface area (Å²) in [5, 5.41) is 3.29. The number of unbranched alkanes of at least 4 members (excludes halogenated alkanes) is 4. The molecule has 0 aromatic heterocycles. The standard InChI is InChI=1S/C17H35N/c1-7-17(5,6)16(4)13-11-9-8-10-12-14-18-15(2)3/h16,18H,2,7-14H2,1,3-6H3. The summed E-state index contributed by atoms with van der Waals surface area (Å²) in [6, 6.07) is 0. The minimum Gasteiger partial charge on any atom is -0.389 e. The van der Waals surface area contributed by atoms with Crippen molar-refractivity contribution in [3.05, 3.63) is 12.3 Å². The Hall–Kier alpha value is -0.460. The Labute approximate surface area is 115 Å². The molecule has 0 spiro atoms. The average molecular weight is 253 g/mol. The van der Waals surface area contributed by atoms with Crippen molar-refractivity contribution in [2.45, 2.75) is 79.6 Å². The highest BCUT2D eigenvalue weighted by molar-refractivity contribution is 4.83. The minimum absolute atomic E-state index is 0.519. The minimum atomic E-state index is 0.519. The van der Waals surface area contributed by atoms with E-state index in [4.69, 9.17) is 0 Å². The van der Waals surface area contributed by atoms with Crippen LogP contribution in [-0.4, -0.2) is 6.54 Å². The summed E-state index contributed by atoms with van der Waals surface area (Å²) in [5.41, 5.74) is 1.61. The molecule has 0 aliphatic carbocycles. The van der Waals surface area contributed by atoms with Gasteiger partial charge in [-0.1, -0.05) is 72.8 Å². The van der Waals surface area contributed by atoms with Gasteiger partial charge in [-0.2, -0.15) is 0 Å². The van der Waals surface area contributed by atoms with Crippen molar-refractivity contribution in [2.75, 3.05) is 6.54 Å². The van der Waals surface area contributed by atoms with E-state index in [9.17, 15) is 0 Å². The number of allylic oxidation sites excluding steroid dienone is 1. The molecule has 18 heavy (non-hydrogen) atoms. The highest BCUT2D eigenvalue weighted by Gasteiger charge is 2.22. The van der Waals surface area contributed by atoms with Crippen LogP contribution in [0.2, 0.25) is 0 Å². The van der Waals surface area contributed by atoms with Crippen LogP contribution in [0.3, 0.4) is 0 Å². The van der Waals surface area contributed by atoms with E-state index in [1.807, 2.05) is 6.92 Å². The summed E-state index contributed by atoms with van der Waals surface area (Å²) < 4.78 is 0. The third-order valence-electron chi connectivity index (χ3n) is 4.49. The van der Waals surface area contributed by atoms with E-state index < -0.39 is 0 Å². The first-order valence-corrected chi connectivity index (χ1v) is 7.79. The molecule has 0 bridgehead atoms. The van der Waals surface area contributed by atoms with Gasteiger partial charge in [0.15, 0.2) is 0 Å². The molecule has 108 valence electrons. The van der Waals surface area contributed by atoms with Crippen molar-refractivity contribution in [1.82, 2.24) is 5.32 Å². The van der Waals surface area contributed by atoms with Crippen LogP contribution in [0.25, 0.3) is 0 Å². The van der Waals surface area contributed by atoms with Crippen LogP contribution >= 0.6 is 0 Å². The second kappa shape index (κ2) is 9.47. The van der Waals surface area contributed by atoms with Gasteiger partial charge in [-0.3, -0.25) is 0 Å². The van der Waals surface area contributed by atoms with Crippen LogP contribution in [0.1, 0.15) is 79.6 Å². The van der Waals surface area contributed by atoms with Gasteiger partial charge in [-0.15, -0.1) is 0 Å². The lowest BCUT2D eigenvalue weighted by molar-refractivity contribution is 0.204. The van der Waals surface area contributed by atoms with Gasteiger partial charge in [0, 0.05) is 12.2 Å². The highest BCUT2D eigenvalue weighted by atomic mass is 14.9. The summed E-state index contributed by atoms with van der Waals surface area (Å²) in [6.07, 6.45) is 9.51. The number of hydrogen-bond acceptors (Lipinski definition) is 1. The fraction of sp³-hybridized carbons (Fsp3) is 0.882. The summed E-state index contributed by atoms with van der Waals surface area (Å²) in [7, 11) is 0. The first-order chi connectivity index (χ1) is 8.40. The maximum atomic E-state index is 3.84. The zero-order valence-electron chi connectivity index (χ0n) is 13.4. The SMILES string of the molecule is C=C(C)NCCCCCCCC(C)C(C)(C)CC. The molecule has 0 aromatic rings. The summed E-state index contributed by atoms with van der Waals surface area (Å²) in [5.74, 6) is 0.854. The zero-order chi connectivity index (χ0) is 14.0. The fourth-order valence-electron chi connectivity index (χ4n) is 2.15. The van der Waals surface area contributed by atoms with Gasteiger partial charge in [-0.25, -0.2) is 0 Å². The summed E-state index contributed by atoms with van der Waals surface area (Å²) >= 11 is 0. The second-order valence-electron chi connectivity index (χ2n) is 6.51. The molecule has 0 saturated carbocycles. The van der Waals surface area contributed by atoms with E-state index >= 15 is 0 Å². The van der Waals surface area contributed by atoms with Crippen LogP contribution < -0.4 is 5.32 Å². The number of nitrogens with one attached hydrogen (secondary N) is 1. The topological polar surface area (TPSA) is 12.0 Å². The van der Waals surface area contributed by atoms with Gasteiger partial charge < -0.3 is 5.32 Å². The Bertz CT molecular complexity index is 218. The van der Waals surface area contributed by atoms with Gasteiger partial charge >= 0.3 is 0 Å². The first kappa shape index (κ1) is 17.5. The van der Waals surface area contributed by atoms with E-state index in [2.05, 4.69) is 39.6 Å². The van der Waals surface area contributed by atoms with Crippen LogP contribution in [-0.2, 0) is 0 Å². The molecule has 1 unspecified atom stereocenters. The third kappa shape index (κ3) is 8.60. The molecule has 0 fully saturated rings. The average Bonchev–Trinajstić information content (AvgIpc) is 2.31. The molecule has 1 N–H and O–H groups in total. The van der Waals surface area contributed by atoms with Gasteiger partial charge in [-0.05, 0) is 24.7 Å². The van der Waals surface area contributed by atoms with Crippen LogP contribution in [0, 0.1) is 11.3 Å². The van der Waals surface area contributed by atoms with Gasteiger partial charge in [0.05, 0.1) is 0 Å². The molecule has 0 rings (SSSR count). The zero-order valence-corrected chi connectivity index (χ0v) is 13.4. The van der Waals surface area contributed by atoms with E-state index in [1.165, 1.54) is 44.9 Å². The first-order valence-electron chi connectivity index (χ1n) is 7.79. The van der Waals surface area contributed by atoms with Gasteiger partial charge in [0.25, 0.3) is 0 Å². The third-order valence-corrected chi connectivity index (χ3v) is 4.49. The second-order valence-corrected chi connectivity index (χ2v) is 6.51. The van der Waals surface area contributed by atoms with E-state index in [-0.39, 0.29) is 0 Å². The molecule has 0 aliphatic heterocycles. The van der Waals surface area contributed by atoms with Crippen molar-refractivity contribution < 1.29 is 0 Å². The summed E-state index contributed by atoms with van der Waals surface area (Å²) in [4.78, 5) is 0. The van der Waals surface area contributed by atoms with Gasteiger partial charge in [0.2, 0.25) is 0 Å².